The maximum atomic E-state index is 12.3. The lowest BCUT2D eigenvalue weighted by Crippen LogP contribution is -2.14. The van der Waals surface area contributed by atoms with Crippen molar-refractivity contribution in [2.45, 2.75) is 6.92 Å². The van der Waals surface area contributed by atoms with Crippen molar-refractivity contribution in [3.63, 3.8) is 0 Å². The summed E-state index contributed by atoms with van der Waals surface area (Å²) in [7, 11) is 3.01. The van der Waals surface area contributed by atoms with Crippen molar-refractivity contribution >= 4 is 17.3 Å². The molecule has 2 aromatic carbocycles. The fourth-order valence-corrected chi connectivity index (χ4v) is 2.22. The lowest BCUT2D eigenvalue weighted by Gasteiger charge is -2.10. The van der Waals surface area contributed by atoms with E-state index in [-0.39, 0.29) is 11.3 Å². The summed E-state index contributed by atoms with van der Waals surface area (Å²) in [5.74, 6) is 0.573. The predicted octanol–water partition coefficient (Wildman–Crippen LogP) is 3.18. The molecule has 7 nitrogen and oxygen atoms in total. The minimum absolute atomic E-state index is 0.104. The van der Waals surface area contributed by atoms with E-state index in [2.05, 4.69) is 10.6 Å². The molecule has 0 aliphatic rings. The number of carbonyl (C=O) groups excluding carboxylic acids is 1. The van der Waals surface area contributed by atoms with Gasteiger partial charge in [-0.15, -0.1) is 0 Å². The van der Waals surface area contributed by atoms with Crippen LogP contribution in [0.2, 0.25) is 0 Å². The standard InChI is InChI=1S/C19H19N3O4/c1-12-8-15(23)5-6-16(12)21-11-13(10-20)19(24)22-14-4-7-17(25-2)18(9-14)26-3/h4-9,11,21,23H,1-3H3,(H,22,24)/b13-11-. The van der Waals surface area contributed by atoms with Gasteiger partial charge in [0.1, 0.15) is 17.4 Å². The molecule has 2 rings (SSSR count). The third-order valence-electron chi connectivity index (χ3n) is 3.59. The van der Waals surface area contributed by atoms with Gasteiger partial charge in [-0.25, -0.2) is 0 Å². The van der Waals surface area contributed by atoms with Gasteiger partial charge < -0.3 is 25.2 Å². The summed E-state index contributed by atoms with van der Waals surface area (Å²) >= 11 is 0. The summed E-state index contributed by atoms with van der Waals surface area (Å²) in [4.78, 5) is 12.3. The monoisotopic (exact) mass is 353 g/mol. The molecule has 0 fully saturated rings. The number of aromatic hydroxyl groups is 1. The van der Waals surface area contributed by atoms with Crippen LogP contribution in [0.15, 0.2) is 48.2 Å². The summed E-state index contributed by atoms with van der Waals surface area (Å²) in [6.07, 6.45) is 1.31. The van der Waals surface area contributed by atoms with Gasteiger partial charge in [0.15, 0.2) is 11.5 Å². The van der Waals surface area contributed by atoms with Gasteiger partial charge in [0.2, 0.25) is 0 Å². The topological polar surface area (TPSA) is 104 Å². The van der Waals surface area contributed by atoms with Crippen molar-refractivity contribution in [1.82, 2.24) is 0 Å². The molecule has 26 heavy (non-hydrogen) atoms. The number of nitrogens with one attached hydrogen (secondary N) is 2. The number of phenols is 1. The lowest BCUT2D eigenvalue weighted by molar-refractivity contribution is -0.112. The lowest BCUT2D eigenvalue weighted by atomic mass is 10.2. The van der Waals surface area contributed by atoms with E-state index in [9.17, 15) is 15.2 Å². The number of anilines is 2. The van der Waals surface area contributed by atoms with Gasteiger partial charge in [-0.1, -0.05) is 0 Å². The Morgan fingerprint density at radius 1 is 1.15 bits per heavy atom. The van der Waals surface area contributed by atoms with Crippen LogP contribution >= 0.6 is 0 Å². The van der Waals surface area contributed by atoms with Crippen LogP contribution in [0, 0.1) is 18.3 Å². The number of hydrogen-bond donors (Lipinski definition) is 3. The van der Waals surface area contributed by atoms with Crippen LogP contribution in [0.3, 0.4) is 0 Å². The number of phenolic OH excluding ortho intramolecular Hbond substituents is 1. The molecule has 134 valence electrons. The van der Waals surface area contributed by atoms with Gasteiger partial charge in [0, 0.05) is 23.6 Å². The molecule has 0 spiro atoms. The molecule has 7 heteroatoms. The molecule has 0 radical (unpaired) electrons. The fraction of sp³-hybridized carbons (Fsp3) is 0.158. The van der Waals surface area contributed by atoms with Gasteiger partial charge in [0.25, 0.3) is 5.91 Å². The Hall–Kier alpha value is -3.66. The highest BCUT2D eigenvalue weighted by molar-refractivity contribution is 6.06. The zero-order valence-corrected chi connectivity index (χ0v) is 14.7. The molecule has 0 bridgehead atoms. The highest BCUT2D eigenvalue weighted by Crippen LogP contribution is 2.29. The summed E-state index contributed by atoms with van der Waals surface area (Å²) in [5.41, 5.74) is 1.81. The average Bonchev–Trinajstić information content (AvgIpc) is 2.63. The number of amides is 1. The average molecular weight is 353 g/mol. The normalized spacial score (nSPS) is 10.6. The summed E-state index contributed by atoms with van der Waals surface area (Å²) in [5, 5.41) is 24.2. The second-order valence-corrected chi connectivity index (χ2v) is 5.34. The molecule has 0 saturated carbocycles. The minimum Gasteiger partial charge on any atom is -0.508 e. The molecular weight excluding hydrogens is 334 g/mol. The molecule has 0 aliphatic heterocycles. The van der Waals surface area contributed by atoms with Crippen LogP contribution in [0.25, 0.3) is 0 Å². The SMILES string of the molecule is COc1ccc(NC(=O)/C(C#N)=C\Nc2ccc(O)cc2C)cc1OC. The number of nitriles is 1. The van der Waals surface area contributed by atoms with Crippen LogP contribution in [0.4, 0.5) is 11.4 Å². The number of nitrogens with zero attached hydrogens (tertiary/aromatic N) is 1. The van der Waals surface area contributed by atoms with Crippen LogP contribution in [-0.2, 0) is 4.79 Å². The van der Waals surface area contributed by atoms with E-state index in [4.69, 9.17) is 9.47 Å². The van der Waals surface area contributed by atoms with Crippen LogP contribution < -0.4 is 20.1 Å². The molecular formula is C19H19N3O4. The number of rotatable bonds is 6. The number of carbonyl (C=O) groups is 1. The first-order valence-electron chi connectivity index (χ1n) is 7.68. The van der Waals surface area contributed by atoms with Crippen molar-refractivity contribution in [2.24, 2.45) is 0 Å². The van der Waals surface area contributed by atoms with E-state index in [1.165, 1.54) is 26.5 Å². The predicted molar refractivity (Wildman–Crippen MR) is 98.3 cm³/mol. The Morgan fingerprint density at radius 3 is 2.50 bits per heavy atom. The van der Waals surface area contributed by atoms with E-state index >= 15 is 0 Å². The highest BCUT2D eigenvalue weighted by Gasteiger charge is 2.12. The summed E-state index contributed by atoms with van der Waals surface area (Å²) in [6, 6.07) is 11.5. The van der Waals surface area contributed by atoms with Gasteiger partial charge >= 0.3 is 0 Å². The van der Waals surface area contributed by atoms with Crippen molar-refractivity contribution in [2.75, 3.05) is 24.9 Å². The zero-order chi connectivity index (χ0) is 19.1. The Kier molecular flexibility index (Phi) is 6.06. The van der Waals surface area contributed by atoms with E-state index in [1.54, 1.807) is 37.3 Å². The Balaban J connectivity index is 2.14. The Labute approximate surface area is 151 Å². The first-order valence-corrected chi connectivity index (χ1v) is 7.68. The molecule has 2 aromatic rings. The maximum absolute atomic E-state index is 12.3. The first kappa shape index (κ1) is 18.7. The zero-order valence-electron chi connectivity index (χ0n) is 14.7. The van der Waals surface area contributed by atoms with E-state index in [0.29, 0.717) is 22.9 Å². The number of ether oxygens (including phenoxy) is 2. The van der Waals surface area contributed by atoms with Crippen molar-refractivity contribution in [1.29, 1.82) is 5.26 Å². The molecule has 0 atom stereocenters. The van der Waals surface area contributed by atoms with Gasteiger partial charge in [-0.05, 0) is 42.8 Å². The Bertz CT molecular complexity index is 885. The van der Waals surface area contributed by atoms with Crippen LogP contribution in [0.1, 0.15) is 5.56 Å². The molecule has 0 saturated heterocycles. The third kappa shape index (κ3) is 4.45. The van der Waals surface area contributed by atoms with Crippen molar-refractivity contribution in [3.8, 4) is 23.3 Å². The van der Waals surface area contributed by atoms with Crippen LogP contribution in [-0.4, -0.2) is 25.2 Å². The smallest absolute Gasteiger partial charge is 0.267 e. The molecule has 3 N–H and O–H groups in total. The fourth-order valence-electron chi connectivity index (χ4n) is 2.22. The van der Waals surface area contributed by atoms with Crippen molar-refractivity contribution < 1.29 is 19.4 Å². The van der Waals surface area contributed by atoms with Crippen LogP contribution in [0.5, 0.6) is 17.2 Å². The Morgan fingerprint density at radius 2 is 1.88 bits per heavy atom. The van der Waals surface area contributed by atoms with Gasteiger partial charge in [0.05, 0.1) is 14.2 Å². The highest BCUT2D eigenvalue weighted by atomic mass is 16.5. The molecule has 0 aromatic heterocycles. The number of benzene rings is 2. The minimum atomic E-state index is -0.566. The summed E-state index contributed by atoms with van der Waals surface area (Å²) < 4.78 is 10.3. The molecule has 1 amide bonds. The second kappa shape index (κ2) is 8.44. The molecule has 0 unspecified atom stereocenters. The third-order valence-corrected chi connectivity index (χ3v) is 3.59. The molecule has 0 aliphatic carbocycles. The van der Waals surface area contributed by atoms with Gasteiger partial charge in [-0.3, -0.25) is 4.79 Å². The van der Waals surface area contributed by atoms with Crippen molar-refractivity contribution in [3.05, 3.63) is 53.7 Å². The van der Waals surface area contributed by atoms with E-state index < -0.39 is 5.91 Å². The first-order chi connectivity index (χ1) is 12.5. The maximum Gasteiger partial charge on any atom is 0.267 e. The summed E-state index contributed by atoms with van der Waals surface area (Å²) in [6.45, 7) is 1.80. The molecule has 0 heterocycles. The number of hydrogen-bond acceptors (Lipinski definition) is 6. The second-order valence-electron chi connectivity index (χ2n) is 5.34. The number of methoxy groups -OCH3 is 2. The number of aryl methyl sites for hydroxylation is 1. The quantitative estimate of drug-likeness (QED) is 0.419. The van der Waals surface area contributed by atoms with E-state index in [0.717, 1.165) is 5.56 Å². The largest absolute Gasteiger partial charge is 0.508 e. The van der Waals surface area contributed by atoms with E-state index in [1.807, 2.05) is 6.07 Å². The van der Waals surface area contributed by atoms with Gasteiger partial charge in [-0.2, -0.15) is 5.26 Å².